The van der Waals surface area contributed by atoms with Crippen LogP contribution >= 0.6 is 0 Å². The van der Waals surface area contributed by atoms with E-state index in [0.717, 1.165) is 11.8 Å². The molecule has 0 atom stereocenters. The van der Waals surface area contributed by atoms with Gasteiger partial charge in [-0.2, -0.15) is 0 Å². The minimum Gasteiger partial charge on any atom is -0.316 e. The van der Waals surface area contributed by atoms with E-state index in [1.807, 2.05) is 0 Å². The molecule has 1 aromatic rings. The Morgan fingerprint density at radius 1 is 1.00 bits per heavy atom. The van der Waals surface area contributed by atoms with Crippen molar-refractivity contribution in [3.05, 3.63) is 35.9 Å². The molecule has 0 saturated heterocycles. The van der Waals surface area contributed by atoms with Gasteiger partial charge < -0.3 is 5.32 Å². The van der Waals surface area contributed by atoms with Crippen molar-refractivity contribution in [2.45, 2.75) is 51.9 Å². The van der Waals surface area contributed by atoms with Crippen molar-refractivity contribution in [2.75, 3.05) is 13.1 Å². The van der Waals surface area contributed by atoms with Crippen LogP contribution in [0.15, 0.2) is 30.3 Å². The molecule has 1 heteroatoms. The van der Waals surface area contributed by atoms with Gasteiger partial charge in [-0.05, 0) is 56.2 Å². The second-order valence-electron chi connectivity index (χ2n) is 6.09. The van der Waals surface area contributed by atoms with Gasteiger partial charge in [0.2, 0.25) is 0 Å². The third-order valence-electron chi connectivity index (χ3n) is 4.64. The average Bonchev–Trinajstić information content (AvgIpc) is 2.49. The summed E-state index contributed by atoms with van der Waals surface area (Å²) >= 11 is 0. The van der Waals surface area contributed by atoms with Crippen LogP contribution in [-0.4, -0.2) is 13.1 Å². The smallest absolute Gasteiger partial charge is 0.00205 e. The molecule has 1 fully saturated rings. The zero-order chi connectivity index (χ0) is 13.3. The van der Waals surface area contributed by atoms with Gasteiger partial charge >= 0.3 is 0 Å². The Bertz CT molecular complexity index is 325. The van der Waals surface area contributed by atoms with Crippen LogP contribution in [0.3, 0.4) is 0 Å². The summed E-state index contributed by atoms with van der Waals surface area (Å²) in [6, 6.07) is 10.8. The molecule has 0 spiro atoms. The van der Waals surface area contributed by atoms with Crippen molar-refractivity contribution in [3.63, 3.8) is 0 Å². The fraction of sp³-hybridized carbons (Fsp3) is 0.667. The van der Waals surface area contributed by atoms with Crippen molar-refractivity contribution in [1.82, 2.24) is 5.32 Å². The molecule has 0 amide bonds. The van der Waals surface area contributed by atoms with Crippen molar-refractivity contribution in [1.29, 1.82) is 0 Å². The zero-order valence-corrected chi connectivity index (χ0v) is 12.4. The van der Waals surface area contributed by atoms with Gasteiger partial charge in [-0.3, -0.25) is 0 Å². The average molecular weight is 259 g/mol. The molecule has 0 aromatic heterocycles. The number of hydrogen-bond acceptors (Lipinski definition) is 1. The highest BCUT2D eigenvalue weighted by Gasteiger charge is 2.19. The Balaban J connectivity index is 1.51. The Hall–Kier alpha value is -0.820. The first kappa shape index (κ1) is 14.6. The molecule has 0 radical (unpaired) electrons. The first-order valence-corrected chi connectivity index (χ1v) is 8.13. The molecule has 1 aliphatic rings. The maximum absolute atomic E-state index is 3.66. The van der Waals surface area contributed by atoms with E-state index >= 15 is 0 Å². The third kappa shape index (κ3) is 5.36. The fourth-order valence-corrected chi connectivity index (χ4v) is 3.21. The SMILES string of the molecule is CCC1CCC(CNCCCc2ccccc2)CC1. The van der Waals surface area contributed by atoms with Gasteiger partial charge in [-0.25, -0.2) is 0 Å². The predicted molar refractivity (Wildman–Crippen MR) is 83.4 cm³/mol. The lowest BCUT2D eigenvalue weighted by Gasteiger charge is -2.27. The van der Waals surface area contributed by atoms with Crippen molar-refractivity contribution in [3.8, 4) is 0 Å². The lowest BCUT2D eigenvalue weighted by molar-refractivity contribution is 0.263. The molecule has 1 aromatic carbocycles. The summed E-state index contributed by atoms with van der Waals surface area (Å²) in [4.78, 5) is 0. The van der Waals surface area contributed by atoms with E-state index in [1.54, 1.807) is 0 Å². The molecule has 1 saturated carbocycles. The number of nitrogens with one attached hydrogen (secondary N) is 1. The normalized spacial score (nSPS) is 23.4. The molecule has 2 rings (SSSR count). The maximum atomic E-state index is 3.66. The standard InChI is InChI=1S/C18H29N/c1-2-16-10-12-18(13-11-16)15-19-14-6-9-17-7-4-3-5-8-17/h3-5,7-8,16,18-19H,2,6,9-15H2,1H3. The van der Waals surface area contributed by atoms with Crippen molar-refractivity contribution >= 4 is 0 Å². The number of hydrogen-bond donors (Lipinski definition) is 1. The molecule has 1 aliphatic carbocycles. The second-order valence-corrected chi connectivity index (χ2v) is 6.09. The Morgan fingerprint density at radius 3 is 2.37 bits per heavy atom. The largest absolute Gasteiger partial charge is 0.316 e. The van der Waals surface area contributed by atoms with Crippen LogP contribution in [-0.2, 0) is 6.42 Å². The second kappa shape index (κ2) is 8.37. The fourth-order valence-electron chi connectivity index (χ4n) is 3.21. The van der Waals surface area contributed by atoms with E-state index in [1.165, 1.54) is 63.6 Å². The van der Waals surface area contributed by atoms with Crippen LogP contribution in [0.2, 0.25) is 0 Å². The number of aryl methyl sites for hydroxylation is 1. The predicted octanol–water partition coefficient (Wildman–Crippen LogP) is 4.43. The molecule has 0 aliphatic heterocycles. The maximum Gasteiger partial charge on any atom is -0.00205 e. The zero-order valence-electron chi connectivity index (χ0n) is 12.4. The molecule has 0 bridgehead atoms. The Morgan fingerprint density at radius 2 is 1.68 bits per heavy atom. The molecule has 106 valence electrons. The lowest BCUT2D eigenvalue weighted by atomic mass is 9.81. The first-order valence-electron chi connectivity index (χ1n) is 8.13. The van der Waals surface area contributed by atoms with Crippen molar-refractivity contribution < 1.29 is 0 Å². The van der Waals surface area contributed by atoms with Crippen LogP contribution in [0, 0.1) is 11.8 Å². The summed E-state index contributed by atoms with van der Waals surface area (Å²) in [5.41, 5.74) is 1.47. The molecular formula is C18H29N. The molecule has 19 heavy (non-hydrogen) atoms. The van der Waals surface area contributed by atoms with Gasteiger partial charge in [0, 0.05) is 0 Å². The summed E-state index contributed by atoms with van der Waals surface area (Å²) in [6.45, 7) is 4.75. The van der Waals surface area contributed by atoms with Crippen LogP contribution in [0.4, 0.5) is 0 Å². The van der Waals surface area contributed by atoms with E-state index in [9.17, 15) is 0 Å². The summed E-state index contributed by atoms with van der Waals surface area (Å²) < 4.78 is 0. The lowest BCUT2D eigenvalue weighted by Crippen LogP contribution is -2.27. The summed E-state index contributed by atoms with van der Waals surface area (Å²) in [5.74, 6) is 1.97. The molecule has 1 nitrogen and oxygen atoms in total. The number of rotatable bonds is 7. The van der Waals surface area contributed by atoms with Gasteiger partial charge in [-0.1, -0.05) is 56.5 Å². The topological polar surface area (TPSA) is 12.0 Å². The van der Waals surface area contributed by atoms with E-state index in [2.05, 4.69) is 42.6 Å². The highest BCUT2D eigenvalue weighted by Crippen LogP contribution is 2.29. The van der Waals surface area contributed by atoms with Gasteiger partial charge in [0.05, 0.1) is 0 Å². The van der Waals surface area contributed by atoms with Gasteiger partial charge in [0.25, 0.3) is 0 Å². The molecule has 1 N–H and O–H groups in total. The summed E-state index contributed by atoms with van der Waals surface area (Å²) in [7, 11) is 0. The quantitative estimate of drug-likeness (QED) is 0.715. The monoisotopic (exact) mass is 259 g/mol. The Labute approximate surface area is 118 Å². The van der Waals surface area contributed by atoms with Crippen LogP contribution < -0.4 is 5.32 Å². The molecule has 0 unspecified atom stereocenters. The van der Waals surface area contributed by atoms with E-state index in [0.29, 0.717) is 0 Å². The molecular weight excluding hydrogens is 230 g/mol. The minimum absolute atomic E-state index is 0.944. The van der Waals surface area contributed by atoms with Gasteiger partial charge in [0.15, 0.2) is 0 Å². The van der Waals surface area contributed by atoms with E-state index in [4.69, 9.17) is 0 Å². The van der Waals surface area contributed by atoms with Crippen LogP contribution in [0.1, 0.15) is 51.0 Å². The van der Waals surface area contributed by atoms with Crippen LogP contribution in [0.5, 0.6) is 0 Å². The summed E-state index contributed by atoms with van der Waals surface area (Å²) in [5, 5.41) is 3.66. The van der Waals surface area contributed by atoms with Gasteiger partial charge in [-0.15, -0.1) is 0 Å². The van der Waals surface area contributed by atoms with E-state index < -0.39 is 0 Å². The Kier molecular flexibility index (Phi) is 6.43. The highest BCUT2D eigenvalue weighted by atomic mass is 14.9. The van der Waals surface area contributed by atoms with Gasteiger partial charge in [0.1, 0.15) is 0 Å². The highest BCUT2D eigenvalue weighted by molar-refractivity contribution is 5.14. The van der Waals surface area contributed by atoms with E-state index in [-0.39, 0.29) is 0 Å². The minimum atomic E-state index is 0.944. The van der Waals surface area contributed by atoms with Crippen LogP contribution in [0.25, 0.3) is 0 Å². The molecule has 0 heterocycles. The summed E-state index contributed by atoms with van der Waals surface area (Å²) in [6.07, 6.45) is 9.68. The third-order valence-corrected chi connectivity index (χ3v) is 4.64. The number of benzene rings is 1. The van der Waals surface area contributed by atoms with Crippen molar-refractivity contribution in [2.24, 2.45) is 11.8 Å². The first-order chi connectivity index (χ1) is 9.38.